The van der Waals surface area contributed by atoms with Crippen LogP contribution in [0.2, 0.25) is 0 Å². The normalized spacial score (nSPS) is 12.8. The molecule has 0 saturated heterocycles. The molecule has 0 bridgehead atoms. The number of carbonyl (C=O) groups is 1. The van der Waals surface area contributed by atoms with Gasteiger partial charge in [0.2, 0.25) is 5.91 Å². The fraction of sp³-hybridized carbons (Fsp3) is 0.667. The van der Waals surface area contributed by atoms with E-state index in [-0.39, 0.29) is 11.9 Å². The number of nitrogens with one attached hydrogen (secondary N) is 2. The Morgan fingerprint density at radius 1 is 1.47 bits per heavy atom. The molecule has 0 saturated carbocycles. The van der Waals surface area contributed by atoms with E-state index in [9.17, 15) is 4.79 Å². The Kier molecular flexibility index (Phi) is 5.15. The molecule has 5 nitrogen and oxygen atoms in total. The van der Waals surface area contributed by atoms with Crippen LogP contribution in [0.1, 0.15) is 32.2 Å². The molecule has 17 heavy (non-hydrogen) atoms. The molecule has 0 spiro atoms. The van der Waals surface area contributed by atoms with Crippen LogP contribution in [0.4, 0.5) is 0 Å². The Labute approximate surface area is 102 Å². The van der Waals surface area contributed by atoms with Gasteiger partial charge in [0, 0.05) is 19.2 Å². The first-order valence-electron chi connectivity index (χ1n) is 5.92. The van der Waals surface area contributed by atoms with E-state index in [0.29, 0.717) is 19.0 Å². The predicted molar refractivity (Wildman–Crippen MR) is 65.4 cm³/mol. The molecule has 1 aromatic rings. The van der Waals surface area contributed by atoms with Crippen molar-refractivity contribution >= 4 is 5.91 Å². The number of hydrogen-bond donors (Lipinski definition) is 2. The second-order valence-electron chi connectivity index (χ2n) is 4.67. The molecule has 2 N–H and O–H groups in total. The van der Waals surface area contributed by atoms with Gasteiger partial charge in [-0.25, -0.2) is 0 Å². The number of amides is 1. The highest BCUT2D eigenvalue weighted by Crippen LogP contribution is 2.01. The van der Waals surface area contributed by atoms with Crippen LogP contribution in [0.3, 0.4) is 0 Å². The maximum absolute atomic E-state index is 11.7. The first-order valence-corrected chi connectivity index (χ1v) is 5.92. The lowest BCUT2D eigenvalue weighted by Gasteiger charge is -2.14. The minimum absolute atomic E-state index is 0.0129. The van der Waals surface area contributed by atoms with Crippen molar-refractivity contribution in [3.05, 3.63) is 17.5 Å². The van der Waals surface area contributed by atoms with Gasteiger partial charge in [-0.3, -0.25) is 4.79 Å². The second kappa shape index (κ2) is 6.39. The number of nitrogens with zero attached hydrogens (tertiary/aromatic N) is 1. The van der Waals surface area contributed by atoms with Crippen molar-refractivity contribution in [1.29, 1.82) is 0 Å². The van der Waals surface area contributed by atoms with E-state index in [0.717, 1.165) is 11.5 Å². The quantitative estimate of drug-likeness (QED) is 0.783. The highest BCUT2D eigenvalue weighted by molar-refractivity contribution is 5.81. The third-order valence-corrected chi connectivity index (χ3v) is 2.34. The average Bonchev–Trinajstić information content (AvgIpc) is 2.68. The summed E-state index contributed by atoms with van der Waals surface area (Å²) in [5, 5.41) is 9.83. The van der Waals surface area contributed by atoms with Gasteiger partial charge >= 0.3 is 0 Å². The van der Waals surface area contributed by atoms with Crippen molar-refractivity contribution in [3.8, 4) is 0 Å². The van der Waals surface area contributed by atoms with E-state index in [4.69, 9.17) is 4.52 Å². The van der Waals surface area contributed by atoms with E-state index in [2.05, 4.69) is 29.6 Å². The summed E-state index contributed by atoms with van der Waals surface area (Å²) >= 11 is 0. The largest absolute Gasteiger partial charge is 0.361 e. The summed E-state index contributed by atoms with van der Waals surface area (Å²) in [5.74, 6) is 1.25. The van der Waals surface area contributed by atoms with Gasteiger partial charge in [0.15, 0.2) is 0 Å². The molecular formula is C12H21N3O2. The zero-order valence-electron chi connectivity index (χ0n) is 10.9. The minimum atomic E-state index is -0.231. The maximum Gasteiger partial charge on any atom is 0.236 e. The van der Waals surface area contributed by atoms with E-state index >= 15 is 0 Å². The molecule has 0 radical (unpaired) electrons. The third-order valence-electron chi connectivity index (χ3n) is 2.34. The summed E-state index contributed by atoms with van der Waals surface area (Å²) in [6.07, 6.45) is 0. The Bertz CT molecular complexity index is 360. The van der Waals surface area contributed by atoms with E-state index in [1.165, 1.54) is 0 Å². The van der Waals surface area contributed by atoms with Gasteiger partial charge < -0.3 is 15.2 Å². The minimum Gasteiger partial charge on any atom is -0.361 e. The van der Waals surface area contributed by atoms with Crippen LogP contribution in [-0.2, 0) is 11.3 Å². The molecule has 0 aliphatic heterocycles. The first kappa shape index (κ1) is 13.7. The molecular weight excluding hydrogens is 218 g/mol. The van der Waals surface area contributed by atoms with Crippen LogP contribution < -0.4 is 10.6 Å². The summed E-state index contributed by atoms with van der Waals surface area (Å²) < 4.78 is 4.95. The SMILES string of the molecule is Cc1cc(CNC(C)C(=O)NCC(C)C)no1. The number of hydrogen-bond acceptors (Lipinski definition) is 4. The Hall–Kier alpha value is -1.36. The lowest BCUT2D eigenvalue weighted by molar-refractivity contribution is -0.122. The predicted octanol–water partition coefficient (Wildman–Crippen LogP) is 1.23. The molecule has 0 aliphatic carbocycles. The Balaban J connectivity index is 2.29. The van der Waals surface area contributed by atoms with Crippen LogP contribution in [0.15, 0.2) is 10.6 Å². The third kappa shape index (κ3) is 4.99. The summed E-state index contributed by atoms with van der Waals surface area (Å²) in [6, 6.07) is 1.62. The van der Waals surface area contributed by atoms with E-state index in [1.54, 1.807) is 0 Å². The van der Waals surface area contributed by atoms with Crippen molar-refractivity contribution in [2.24, 2.45) is 5.92 Å². The molecule has 1 amide bonds. The zero-order valence-corrected chi connectivity index (χ0v) is 10.9. The molecule has 1 atom stereocenters. The molecule has 1 rings (SSSR count). The summed E-state index contributed by atoms with van der Waals surface area (Å²) in [4.78, 5) is 11.7. The maximum atomic E-state index is 11.7. The topological polar surface area (TPSA) is 67.2 Å². The number of rotatable bonds is 6. The van der Waals surface area contributed by atoms with Gasteiger partial charge in [0.1, 0.15) is 5.76 Å². The summed E-state index contributed by atoms with van der Waals surface area (Å²) in [6.45, 7) is 9.05. The Morgan fingerprint density at radius 3 is 2.71 bits per heavy atom. The van der Waals surface area contributed by atoms with Crippen LogP contribution >= 0.6 is 0 Å². The van der Waals surface area contributed by atoms with Gasteiger partial charge in [0.25, 0.3) is 0 Å². The molecule has 1 aromatic heterocycles. The van der Waals surface area contributed by atoms with Crippen LogP contribution in [-0.4, -0.2) is 23.7 Å². The summed E-state index contributed by atoms with van der Waals surface area (Å²) in [7, 11) is 0. The smallest absolute Gasteiger partial charge is 0.236 e. The fourth-order valence-corrected chi connectivity index (χ4v) is 1.31. The molecule has 0 aromatic carbocycles. The molecule has 0 aliphatic rings. The van der Waals surface area contributed by atoms with Crippen molar-refractivity contribution < 1.29 is 9.32 Å². The molecule has 96 valence electrons. The van der Waals surface area contributed by atoms with Crippen molar-refractivity contribution in [2.45, 2.75) is 40.3 Å². The molecule has 1 heterocycles. The number of carbonyl (C=O) groups excluding carboxylic acids is 1. The molecule has 1 unspecified atom stereocenters. The molecule has 0 fully saturated rings. The lowest BCUT2D eigenvalue weighted by atomic mass is 10.2. The monoisotopic (exact) mass is 239 g/mol. The van der Waals surface area contributed by atoms with Gasteiger partial charge in [-0.15, -0.1) is 0 Å². The highest BCUT2D eigenvalue weighted by atomic mass is 16.5. The zero-order chi connectivity index (χ0) is 12.8. The van der Waals surface area contributed by atoms with E-state index < -0.39 is 0 Å². The first-order chi connectivity index (χ1) is 7.99. The Morgan fingerprint density at radius 2 is 2.18 bits per heavy atom. The highest BCUT2D eigenvalue weighted by Gasteiger charge is 2.12. The second-order valence-corrected chi connectivity index (χ2v) is 4.67. The van der Waals surface area contributed by atoms with Gasteiger partial charge in [-0.05, 0) is 19.8 Å². The number of aromatic nitrogens is 1. The standard InChI is InChI=1S/C12H21N3O2/c1-8(2)6-14-12(16)10(4)13-7-11-5-9(3)17-15-11/h5,8,10,13H,6-7H2,1-4H3,(H,14,16). The lowest BCUT2D eigenvalue weighted by Crippen LogP contribution is -2.43. The van der Waals surface area contributed by atoms with Crippen molar-refractivity contribution in [2.75, 3.05) is 6.54 Å². The van der Waals surface area contributed by atoms with Gasteiger partial charge in [-0.1, -0.05) is 19.0 Å². The summed E-state index contributed by atoms with van der Waals surface area (Å²) in [5.41, 5.74) is 0.811. The van der Waals surface area contributed by atoms with Crippen molar-refractivity contribution in [3.63, 3.8) is 0 Å². The van der Waals surface area contributed by atoms with Crippen LogP contribution in [0.5, 0.6) is 0 Å². The molecule has 5 heteroatoms. The van der Waals surface area contributed by atoms with Gasteiger partial charge in [0.05, 0.1) is 11.7 Å². The van der Waals surface area contributed by atoms with Crippen LogP contribution in [0.25, 0.3) is 0 Å². The van der Waals surface area contributed by atoms with Crippen molar-refractivity contribution in [1.82, 2.24) is 15.8 Å². The fourth-order valence-electron chi connectivity index (χ4n) is 1.31. The average molecular weight is 239 g/mol. The van der Waals surface area contributed by atoms with Crippen LogP contribution in [0, 0.1) is 12.8 Å². The van der Waals surface area contributed by atoms with E-state index in [1.807, 2.05) is 19.9 Å². The van der Waals surface area contributed by atoms with Gasteiger partial charge in [-0.2, -0.15) is 0 Å². The number of aryl methyl sites for hydroxylation is 1.